The van der Waals surface area contributed by atoms with Crippen LogP contribution in [-0.4, -0.2) is 31.1 Å². The summed E-state index contributed by atoms with van der Waals surface area (Å²) in [5, 5.41) is 0. The van der Waals surface area contributed by atoms with E-state index in [0.29, 0.717) is 6.61 Å². The Labute approximate surface area is 194 Å². The molecule has 0 bridgehead atoms. The Morgan fingerprint density at radius 2 is 1.18 bits per heavy atom. The Bertz CT molecular complexity index is 979. The molecule has 1 fully saturated rings. The maximum atomic E-state index is 15.7. The van der Waals surface area contributed by atoms with E-state index >= 15 is 4.39 Å². The van der Waals surface area contributed by atoms with E-state index < -0.39 is 24.5 Å². The molecule has 0 aliphatic carbocycles. The molecule has 1 aliphatic heterocycles. The normalized spacial score (nSPS) is 22.6. The number of alkyl halides is 1. The molecule has 4 rings (SSSR count). The predicted octanol–water partition coefficient (Wildman–Crippen LogP) is 5.62. The van der Waals surface area contributed by atoms with E-state index in [0.717, 1.165) is 16.7 Å². The Morgan fingerprint density at radius 3 is 1.73 bits per heavy atom. The lowest BCUT2D eigenvalue weighted by Crippen LogP contribution is -2.53. The second kappa shape index (κ2) is 11.8. The average molecular weight is 449 g/mol. The van der Waals surface area contributed by atoms with Gasteiger partial charge in [-0.1, -0.05) is 97.6 Å². The van der Waals surface area contributed by atoms with Crippen LogP contribution in [0.4, 0.5) is 4.39 Å². The van der Waals surface area contributed by atoms with Crippen molar-refractivity contribution in [1.29, 1.82) is 0 Å². The fourth-order valence-electron chi connectivity index (χ4n) is 3.79. The quantitative estimate of drug-likeness (QED) is 0.403. The predicted molar refractivity (Wildman–Crippen MR) is 125 cm³/mol. The van der Waals surface area contributed by atoms with E-state index in [-0.39, 0.29) is 25.6 Å². The van der Waals surface area contributed by atoms with Gasteiger partial charge in [0.25, 0.3) is 0 Å². The van der Waals surface area contributed by atoms with Crippen molar-refractivity contribution in [3.8, 4) is 0 Å². The maximum Gasteiger partial charge on any atom is 0.163 e. The first-order valence-electron chi connectivity index (χ1n) is 11.1. The van der Waals surface area contributed by atoms with E-state index in [1.54, 1.807) is 0 Å². The van der Waals surface area contributed by atoms with Crippen LogP contribution in [0, 0.1) is 0 Å². The molecule has 5 heteroatoms. The second-order valence-electron chi connectivity index (χ2n) is 8.05. The van der Waals surface area contributed by atoms with Gasteiger partial charge in [0.05, 0.1) is 26.4 Å². The fourth-order valence-corrected chi connectivity index (χ4v) is 3.79. The molecule has 1 heterocycles. The molecule has 0 saturated carbocycles. The zero-order valence-corrected chi connectivity index (χ0v) is 18.5. The van der Waals surface area contributed by atoms with Crippen LogP contribution in [0.15, 0.2) is 103 Å². The number of rotatable bonds is 10. The molecule has 4 nitrogen and oxygen atoms in total. The summed E-state index contributed by atoms with van der Waals surface area (Å²) in [6, 6.07) is 29.1. The number of ether oxygens (including phenoxy) is 4. The van der Waals surface area contributed by atoms with Crippen LogP contribution >= 0.6 is 0 Å². The fraction of sp³-hybridized carbons (Fsp3) is 0.286. The monoisotopic (exact) mass is 448 g/mol. The van der Waals surface area contributed by atoms with E-state index in [2.05, 4.69) is 6.58 Å². The summed E-state index contributed by atoms with van der Waals surface area (Å²) in [5.41, 5.74) is 2.95. The van der Waals surface area contributed by atoms with Crippen LogP contribution in [0.1, 0.15) is 16.7 Å². The van der Waals surface area contributed by atoms with Crippen LogP contribution in [-0.2, 0) is 38.8 Å². The maximum absolute atomic E-state index is 15.7. The first-order chi connectivity index (χ1) is 16.2. The molecular weight excluding hydrogens is 419 g/mol. The van der Waals surface area contributed by atoms with Gasteiger partial charge in [0.15, 0.2) is 12.3 Å². The third-order valence-corrected chi connectivity index (χ3v) is 5.54. The minimum absolute atomic E-state index is 0.180. The topological polar surface area (TPSA) is 36.9 Å². The number of hydrogen-bond acceptors (Lipinski definition) is 4. The van der Waals surface area contributed by atoms with Gasteiger partial charge in [-0.05, 0) is 16.7 Å². The number of halogens is 1. The molecule has 3 aromatic rings. The second-order valence-corrected chi connectivity index (χ2v) is 8.05. The highest BCUT2D eigenvalue weighted by molar-refractivity contribution is 5.16. The van der Waals surface area contributed by atoms with Crippen molar-refractivity contribution in [2.24, 2.45) is 0 Å². The third kappa shape index (κ3) is 6.51. The molecule has 0 amide bonds. The lowest BCUT2D eigenvalue weighted by molar-refractivity contribution is -0.186. The summed E-state index contributed by atoms with van der Waals surface area (Å²) in [6.07, 6.45) is -3.84. The van der Waals surface area contributed by atoms with Gasteiger partial charge in [-0.2, -0.15) is 0 Å². The first kappa shape index (κ1) is 23.2. The Morgan fingerprint density at radius 1 is 0.697 bits per heavy atom. The van der Waals surface area contributed by atoms with Crippen molar-refractivity contribution in [3.63, 3.8) is 0 Å². The molecule has 4 atom stereocenters. The van der Waals surface area contributed by atoms with E-state index in [1.807, 2.05) is 91.0 Å². The van der Waals surface area contributed by atoms with Crippen LogP contribution in [0.2, 0.25) is 0 Å². The van der Waals surface area contributed by atoms with Crippen LogP contribution in [0.25, 0.3) is 0 Å². The summed E-state index contributed by atoms with van der Waals surface area (Å²) in [7, 11) is 0. The Balaban J connectivity index is 1.41. The lowest BCUT2D eigenvalue weighted by Gasteiger charge is -2.40. The van der Waals surface area contributed by atoms with Gasteiger partial charge >= 0.3 is 0 Å². The SMILES string of the molecule is C=C1OC(COCc2ccccc2)C(OCc2ccccc2)C(F)C1OCc1ccccc1. The highest BCUT2D eigenvalue weighted by Gasteiger charge is 2.45. The molecule has 0 spiro atoms. The van der Waals surface area contributed by atoms with Gasteiger partial charge in [-0.3, -0.25) is 0 Å². The highest BCUT2D eigenvalue weighted by atomic mass is 19.1. The van der Waals surface area contributed by atoms with Crippen molar-refractivity contribution >= 4 is 0 Å². The Kier molecular flexibility index (Phi) is 8.25. The minimum Gasteiger partial charge on any atom is -0.487 e. The van der Waals surface area contributed by atoms with Crippen LogP contribution in [0.3, 0.4) is 0 Å². The lowest BCUT2D eigenvalue weighted by atomic mass is 9.99. The van der Waals surface area contributed by atoms with E-state index in [1.165, 1.54) is 0 Å². The molecule has 172 valence electrons. The molecule has 3 aromatic carbocycles. The Hall–Kier alpha value is -2.99. The van der Waals surface area contributed by atoms with Gasteiger partial charge in [0, 0.05) is 0 Å². The summed E-state index contributed by atoms with van der Waals surface area (Å²) in [6.45, 7) is 5.04. The van der Waals surface area contributed by atoms with Gasteiger partial charge in [0.1, 0.15) is 18.0 Å². The highest BCUT2D eigenvalue weighted by Crippen LogP contribution is 2.31. The van der Waals surface area contributed by atoms with Crippen molar-refractivity contribution < 1.29 is 23.3 Å². The van der Waals surface area contributed by atoms with E-state index in [9.17, 15) is 0 Å². The molecule has 4 unspecified atom stereocenters. The van der Waals surface area contributed by atoms with E-state index in [4.69, 9.17) is 18.9 Å². The third-order valence-electron chi connectivity index (χ3n) is 5.54. The molecule has 0 radical (unpaired) electrons. The molecule has 1 aliphatic rings. The number of hydrogen-bond donors (Lipinski definition) is 0. The zero-order valence-electron chi connectivity index (χ0n) is 18.5. The molecule has 0 N–H and O–H groups in total. The summed E-state index contributed by atoms with van der Waals surface area (Å²) >= 11 is 0. The first-order valence-corrected chi connectivity index (χ1v) is 11.1. The molecule has 0 aromatic heterocycles. The standard InChI is InChI=1S/C28H29FO4/c1-21-27(31-18-23-13-7-3-8-14-23)26(29)28(32-19-24-15-9-4-10-16-24)25(33-21)20-30-17-22-11-5-2-6-12-22/h2-16,25-28H,1,17-20H2. The van der Waals surface area contributed by atoms with Gasteiger partial charge in [0.2, 0.25) is 0 Å². The summed E-state index contributed by atoms with van der Waals surface area (Å²) in [4.78, 5) is 0. The van der Waals surface area contributed by atoms with Crippen molar-refractivity contribution in [1.82, 2.24) is 0 Å². The summed E-state index contributed by atoms with van der Waals surface area (Å²) in [5.74, 6) is 0.256. The van der Waals surface area contributed by atoms with Crippen LogP contribution < -0.4 is 0 Å². The molecular formula is C28H29FO4. The van der Waals surface area contributed by atoms with Gasteiger partial charge < -0.3 is 18.9 Å². The number of benzene rings is 3. The van der Waals surface area contributed by atoms with Gasteiger partial charge in [-0.25, -0.2) is 4.39 Å². The minimum atomic E-state index is -1.44. The molecule has 1 saturated heterocycles. The molecule has 33 heavy (non-hydrogen) atoms. The van der Waals surface area contributed by atoms with Crippen molar-refractivity contribution in [3.05, 3.63) is 120 Å². The van der Waals surface area contributed by atoms with Crippen LogP contribution in [0.5, 0.6) is 0 Å². The zero-order chi connectivity index (χ0) is 22.9. The average Bonchev–Trinajstić information content (AvgIpc) is 2.85. The van der Waals surface area contributed by atoms with Crippen molar-refractivity contribution in [2.75, 3.05) is 6.61 Å². The van der Waals surface area contributed by atoms with Crippen molar-refractivity contribution in [2.45, 2.75) is 44.3 Å². The smallest absolute Gasteiger partial charge is 0.163 e. The van der Waals surface area contributed by atoms with Gasteiger partial charge in [-0.15, -0.1) is 0 Å². The largest absolute Gasteiger partial charge is 0.487 e. The summed E-state index contributed by atoms with van der Waals surface area (Å²) < 4.78 is 39.5.